The number of nitrogens with zero attached hydrogens (tertiary/aromatic N) is 2. The van der Waals surface area contributed by atoms with Gasteiger partial charge in [0.15, 0.2) is 5.54 Å². The van der Waals surface area contributed by atoms with Gasteiger partial charge in [-0.25, -0.2) is 0 Å². The number of anilines is 1. The number of fused-ring (bicyclic) bond motifs is 2. The van der Waals surface area contributed by atoms with E-state index in [1.807, 2.05) is 0 Å². The van der Waals surface area contributed by atoms with Crippen LogP contribution in [0.4, 0.5) is 5.69 Å². The maximum atomic E-state index is 13.9. The van der Waals surface area contributed by atoms with Gasteiger partial charge in [0.1, 0.15) is 18.1 Å². The Hall–Kier alpha value is -3.91. The zero-order chi connectivity index (χ0) is 25.3. The molecule has 1 saturated heterocycles. The second-order valence-electron chi connectivity index (χ2n) is 8.53. The van der Waals surface area contributed by atoms with Crippen LogP contribution in [0.5, 0.6) is 5.75 Å². The van der Waals surface area contributed by atoms with Crippen LogP contribution in [-0.4, -0.2) is 61.5 Å². The van der Waals surface area contributed by atoms with Crippen molar-refractivity contribution < 1.29 is 29.0 Å². The quantitative estimate of drug-likeness (QED) is 0.207. The number of para-hydroxylation sites is 1. The number of benzene rings is 2. The number of hydrogen-bond donors (Lipinski definition) is 1. The van der Waals surface area contributed by atoms with Crippen LogP contribution in [0.1, 0.15) is 23.1 Å². The lowest BCUT2D eigenvalue weighted by atomic mass is 9.81. The number of Topliss-reactive ketones (excluding diaryl/α,β-unsaturated/α-hetero) is 1. The number of aliphatic hydroxyl groups excluding tert-OH is 1. The number of carbonyl (C=O) groups is 3. The fourth-order valence-corrected chi connectivity index (χ4v) is 4.89. The molecule has 2 aliphatic heterocycles. The van der Waals surface area contributed by atoms with Crippen molar-refractivity contribution in [3.8, 4) is 5.75 Å². The smallest absolute Gasteiger partial charge is 0.296 e. The lowest BCUT2D eigenvalue weighted by Gasteiger charge is -2.34. The number of carbonyl (C=O) groups excluding carboxylic acids is 3. The Labute approximate surface area is 204 Å². The molecule has 1 unspecified atom stereocenters. The predicted octanol–water partition coefficient (Wildman–Crippen LogP) is 3.15. The van der Waals surface area contributed by atoms with Crippen LogP contribution in [0, 0.1) is 6.92 Å². The summed E-state index contributed by atoms with van der Waals surface area (Å²) in [5.74, 6) is -2.01. The Morgan fingerprint density at radius 1 is 1.17 bits per heavy atom. The number of ether oxygens (including phenoxy) is 2. The number of amides is 2. The van der Waals surface area contributed by atoms with Crippen molar-refractivity contribution in [3.05, 3.63) is 77.4 Å². The van der Waals surface area contributed by atoms with E-state index in [0.29, 0.717) is 42.2 Å². The fourth-order valence-electron chi connectivity index (χ4n) is 4.89. The Bertz CT molecular complexity index is 1250. The Kier molecular flexibility index (Phi) is 6.49. The summed E-state index contributed by atoms with van der Waals surface area (Å²) in [4.78, 5) is 43.3. The van der Waals surface area contributed by atoms with Gasteiger partial charge in [-0.2, -0.15) is 0 Å². The Balaban J connectivity index is 1.95. The lowest BCUT2D eigenvalue weighted by Crippen LogP contribution is -2.51. The molecule has 1 spiro atoms. The molecule has 2 aliphatic rings. The first-order chi connectivity index (χ1) is 16.8. The number of likely N-dealkylation sites (N-methyl/N-ethyl adjacent to an activating group) is 1. The lowest BCUT2D eigenvalue weighted by molar-refractivity contribution is -0.143. The topological polar surface area (TPSA) is 96.4 Å². The zero-order valence-corrected chi connectivity index (χ0v) is 20.0. The van der Waals surface area contributed by atoms with E-state index in [1.54, 1.807) is 69.6 Å². The predicted molar refractivity (Wildman–Crippen MR) is 131 cm³/mol. The average molecular weight is 477 g/mol. The highest BCUT2D eigenvalue weighted by Gasteiger charge is 2.66. The number of aliphatic hydroxyl groups is 1. The second kappa shape index (κ2) is 9.38. The molecule has 2 aromatic carbocycles. The van der Waals surface area contributed by atoms with Crippen molar-refractivity contribution >= 4 is 29.0 Å². The summed E-state index contributed by atoms with van der Waals surface area (Å²) in [6.07, 6.45) is 2.04. The molecule has 35 heavy (non-hydrogen) atoms. The first-order valence-electron chi connectivity index (χ1n) is 11.3. The largest absolute Gasteiger partial charge is 0.507 e. The van der Waals surface area contributed by atoms with E-state index < -0.39 is 28.9 Å². The molecule has 1 N–H and O–H groups in total. The molecule has 182 valence electrons. The van der Waals surface area contributed by atoms with Gasteiger partial charge in [-0.3, -0.25) is 14.4 Å². The molecule has 2 heterocycles. The van der Waals surface area contributed by atoms with Crippen LogP contribution in [0.15, 0.2) is 60.7 Å². The van der Waals surface area contributed by atoms with E-state index in [4.69, 9.17) is 9.47 Å². The van der Waals surface area contributed by atoms with Crippen molar-refractivity contribution in [3.63, 3.8) is 0 Å². The monoisotopic (exact) mass is 476 g/mol. The van der Waals surface area contributed by atoms with Crippen molar-refractivity contribution in [2.45, 2.75) is 18.9 Å². The van der Waals surface area contributed by atoms with Gasteiger partial charge in [-0.1, -0.05) is 30.9 Å². The van der Waals surface area contributed by atoms with Gasteiger partial charge in [-0.15, -0.1) is 0 Å². The molecular formula is C27H28N2O6. The standard InChI is InChI=1S/C27H28N2O6/c1-5-14-35-21-12-11-18(16-17(21)2)23(30)22-24(31)25(32)29(13-8-15-34-4)27(22)19-9-6-7-10-20(19)28(3)26(27)33/h5-7,9-12,16,30H,1,8,13-15H2,2-4H3/b23-22-. The molecule has 2 aromatic rings. The molecule has 4 rings (SSSR count). The van der Waals surface area contributed by atoms with E-state index in [2.05, 4.69) is 6.58 Å². The van der Waals surface area contributed by atoms with E-state index >= 15 is 0 Å². The molecule has 1 fully saturated rings. The molecule has 0 radical (unpaired) electrons. The van der Waals surface area contributed by atoms with Gasteiger partial charge < -0.3 is 24.4 Å². The van der Waals surface area contributed by atoms with E-state index in [-0.39, 0.29) is 12.1 Å². The molecule has 0 aromatic heterocycles. The van der Waals surface area contributed by atoms with Gasteiger partial charge in [0.2, 0.25) is 0 Å². The second-order valence-corrected chi connectivity index (χ2v) is 8.53. The van der Waals surface area contributed by atoms with Crippen LogP contribution in [0.3, 0.4) is 0 Å². The van der Waals surface area contributed by atoms with Crippen LogP contribution in [0.25, 0.3) is 5.76 Å². The maximum absolute atomic E-state index is 13.9. The first-order valence-corrected chi connectivity index (χ1v) is 11.3. The summed E-state index contributed by atoms with van der Waals surface area (Å²) >= 11 is 0. The van der Waals surface area contributed by atoms with Gasteiger partial charge in [-0.05, 0) is 43.2 Å². The third kappa shape index (κ3) is 3.61. The van der Waals surface area contributed by atoms with Crippen molar-refractivity contribution in [1.82, 2.24) is 4.90 Å². The number of hydrogen-bond acceptors (Lipinski definition) is 6. The highest BCUT2D eigenvalue weighted by molar-refractivity contribution is 6.50. The van der Waals surface area contributed by atoms with E-state index in [1.165, 1.54) is 9.80 Å². The number of rotatable bonds is 8. The van der Waals surface area contributed by atoms with Crippen LogP contribution in [0.2, 0.25) is 0 Å². The normalized spacial score (nSPS) is 20.6. The van der Waals surface area contributed by atoms with Gasteiger partial charge in [0.25, 0.3) is 17.6 Å². The average Bonchev–Trinajstić information content (AvgIpc) is 3.21. The third-order valence-electron chi connectivity index (χ3n) is 6.47. The van der Waals surface area contributed by atoms with E-state index in [0.717, 1.165) is 5.56 Å². The molecular weight excluding hydrogens is 448 g/mol. The number of ketones is 1. The number of methoxy groups -OCH3 is 1. The highest BCUT2D eigenvalue weighted by atomic mass is 16.5. The summed E-state index contributed by atoms with van der Waals surface area (Å²) in [5, 5.41) is 11.5. The fraction of sp³-hybridized carbons (Fsp3) is 0.296. The number of aryl methyl sites for hydroxylation is 1. The molecule has 0 bridgehead atoms. The molecule has 0 aliphatic carbocycles. The van der Waals surface area contributed by atoms with Crippen LogP contribution in [-0.2, 0) is 24.7 Å². The Morgan fingerprint density at radius 3 is 2.60 bits per heavy atom. The van der Waals surface area contributed by atoms with Crippen LogP contribution < -0.4 is 9.64 Å². The minimum absolute atomic E-state index is 0.108. The van der Waals surface area contributed by atoms with Gasteiger partial charge in [0.05, 0.1) is 5.57 Å². The molecule has 2 amide bonds. The Morgan fingerprint density at radius 2 is 1.91 bits per heavy atom. The molecule has 1 atom stereocenters. The molecule has 8 nitrogen and oxygen atoms in total. The van der Waals surface area contributed by atoms with E-state index in [9.17, 15) is 19.5 Å². The highest BCUT2D eigenvalue weighted by Crippen LogP contribution is 2.53. The van der Waals surface area contributed by atoms with Crippen LogP contribution >= 0.6 is 0 Å². The van der Waals surface area contributed by atoms with Crippen molar-refractivity contribution in [1.29, 1.82) is 0 Å². The van der Waals surface area contributed by atoms with Gasteiger partial charge in [0, 0.05) is 44.1 Å². The summed E-state index contributed by atoms with van der Waals surface area (Å²) in [6, 6.07) is 11.9. The summed E-state index contributed by atoms with van der Waals surface area (Å²) in [6.45, 7) is 6.21. The third-order valence-corrected chi connectivity index (χ3v) is 6.47. The maximum Gasteiger partial charge on any atom is 0.296 e. The number of likely N-dealkylation sites (tertiary alicyclic amines) is 1. The molecule has 8 heteroatoms. The minimum atomic E-state index is -1.76. The van der Waals surface area contributed by atoms with Crippen molar-refractivity contribution in [2.75, 3.05) is 38.8 Å². The SMILES string of the molecule is C=CCOc1ccc(/C(O)=C2\C(=O)C(=O)N(CCCOC)C23C(=O)N(C)c2ccccc23)cc1C. The zero-order valence-electron chi connectivity index (χ0n) is 20.0. The van der Waals surface area contributed by atoms with Gasteiger partial charge >= 0.3 is 0 Å². The van der Waals surface area contributed by atoms with Crippen molar-refractivity contribution in [2.24, 2.45) is 0 Å². The first kappa shape index (κ1) is 24.2. The summed E-state index contributed by atoms with van der Waals surface area (Å²) in [7, 11) is 3.14. The summed E-state index contributed by atoms with van der Waals surface area (Å²) < 4.78 is 10.7. The summed E-state index contributed by atoms with van der Waals surface area (Å²) in [5.41, 5.74) is 0.0844. The molecule has 0 saturated carbocycles. The minimum Gasteiger partial charge on any atom is -0.507 e.